The maximum Gasteiger partial charge on any atom is 0.250 e. The molecular formula is C18H26BrNO. The molecule has 1 amide bonds. The van der Waals surface area contributed by atoms with Crippen molar-refractivity contribution in [3.8, 4) is 0 Å². The highest BCUT2D eigenvalue weighted by atomic mass is 79.9. The first-order chi connectivity index (χ1) is 10.1. The highest BCUT2D eigenvalue weighted by Crippen LogP contribution is 2.17. The van der Waals surface area contributed by atoms with Gasteiger partial charge in [0.25, 0.3) is 5.91 Å². The average molecular weight is 352 g/mol. The van der Waals surface area contributed by atoms with Crippen molar-refractivity contribution in [3.63, 3.8) is 0 Å². The zero-order chi connectivity index (χ0) is 15.7. The number of hydrogen-bond donors (Lipinski definition) is 0. The van der Waals surface area contributed by atoms with Gasteiger partial charge in [-0.05, 0) is 30.8 Å². The summed E-state index contributed by atoms with van der Waals surface area (Å²) in [5.74, 6) is 0.111. The van der Waals surface area contributed by atoms with Gasteiger partial charge in [0.15, 0.2) is 0 Å². The summed E-state index contributed by atoms with van der Waals surface area (Å²) >= 11 is 3.27. The molecule has 0 aliphatic carbocycles. The number of carbonyl (C=O) groups excluding carboxylic acids is 1. The fraction of sp³-hybridized carbons (Fsp3) is 0.500. The van der Waals surface area contributed by atoms with Crippen LogP contribution in [-0.2, 0) is 11.3 Å². The van der Waals surface area contributed by atoms with Crippen LogP contribution in [0.4, 0.5) is 0 Å². The van der Waals surface area contributed by atoms with Crippen LogP contribution < -0.4 is 0 Å². The first-order valence-electron chi connectivity index (χ1n) is 7.72. The third kappa shape index (κ3) is 6.04. The smallest absolute Gasteiger partial charge is 0.250 e. The Labute approximate surface area is 137 Å². The van der Waals surface area contributed by atoms with Gasteiger partial charge in [-0.15, -0.1) is 0 Å². The van der Waals surface area contributed by atoms with E-state index >= 15 is 0 Å². The first kappa shape index (κ1) is 18.0. The highest BCUT2D eigenvalue weighted by Gasteiger charge is 2.21. The van der Waals surface area contributed by atoms with Gasteiger partial charge in [0, 0.05) is 18.2 Å². The van der Waals surface area contributed by atoms with Crippen LogP contribution in [0.2, 0.25) is 0 Å². The Morgan fingerprint density at radius 3 is 2.52 bits per heavy atom. The number of hydrogen-bond acceptors (Lipinski definition) is 1. The summed E-state index contributed by atoms with van der Waals surface area (Å²) in [6.07, 6.45) is 4.67. The molecule has 0 spiro atoms. The summed E-state index contributed by atoms with van der Waals surface area (Å²) in [6, 6.07) is 10.5. The van der Waals surface area contributed by atoms with Crippen LogP contribution in [0.25, 0.3) is 0 Å². The number of carbonyl (C=O) groups is 1. The maximum absolute atomic E-state index is 12.6. The van der Waals surface area contributed by atoms with E-state index in [1.165, 1.54) is 24.8 Å². The van der Waals surface area contributed by atoms with Gasteiger partial charge in [-0.2, -0.15) is 0 Å². The predicted octanol–water partition coefficient (Wildman–Crippen LogP) is 5.28. The van der Waals surface area contributed by atoms with E-state index in [0.717, 1.165) is 12.0 Å². The topological polar surface area (TPSA) is 20.3 Å². The van der Waals surface area contributed by atoms with E-state index in [2.05, 4.69) is 41.9 Å². The molecule has 21 heavy (non-hydrogen) atoms. The van der Waals surface area contributed by atoms with Gasteiger partial charge in [-0.25, -0.2) is 0 Å². The monoisotopic (exact) mass is 351 g/mol. The maximum atomic E-state index is 12.6. The van der Waals surface area contributed by atoms with E-state index in [1.54, 1.807) is 4.99 Å². The van der Waals surface area contributed by atoms with Crippen LogP contribution in [-0.4, -0.2) is 16.8 Å². The van der Waals surface area contributed by atoms with Crippen molar-refractivity contribution in [2.75, 3.05) is 0 Å². The SMILES string of the molecule is CCCCCC(C)N(Cc1ccccc1)C(=O)C(C)=CBr. The zero-order valence-corrected chi connectivity index (χ0v) is 14.9. The van der Waals surface area contributed by atoms with Crippen molar-refractivity contribution in [1.82, 2.24) is 4.90 Å². The molecule has 0 aromatic heterocycles. The van der Waals surface area contributed by atoms with E-state index in [4.69, 9.17) is 0 Å². The van der Waals surface area contributed by atoms with Gasteiger partial charge in [-0.3, -0.25) is 4.79 Å². The number of halogens is 1. The molecule has 0 bridgehead atoms. The Morgan fingerprint density at radius 1 is 1.29 bits per heavy atom. The second kappa shape index (κ2) is 9.78. The normalized spacial score (nSPS) is 13.0. The number of amides is 1. The molecule has 0 saturated heterocycles. The van der Waals surface area contributed by atoms with Crippen molar-refractivity contribution < 1.29 is 4.79 Å². The molecular weight excluding hydrogens is 326 g/mol. The predicted molar refractivity (Wildman–Crippen MR) is 93.3 cm³/mol. The molecule has 1 aromatic rings. The Balaban J connectivity index is 2.81. The largest absolute Gasteiger partial charge is 0.332 e. The van der Waals surface area contributed by atoms with Crippen molar-refractivity contribution >= 4 is 21.8 Å². The molecule has 2 nitrogen and oxygen atoms in total. The minimum atomic E-state index is 0.111. The zero-order valence-electron chi connectivity index (χ0n) is 13.3. The van der Waals surface area contributed by atoms with E-state index < -0.39 is 0 Å². The number of benzene rings is 1. The Bertz CT molecular complexity index is 456. The first-order valence-corrected chi connectivity index (χ1v) is 8.63. The molecule has 116 valence electrons. The van der Waals surface area contributed by atoms with Gasteiger partial charge in [0.05, 0.1) is 0 Å². The molecule has 0 N–H and O–H groups in total. The Kier molecular flexibility index (Phi) is 8.36. The lowest BCUT2D eigenvalue weighted by molar-refractivity contribution is -0.129. The standard InChI is InChI=1S/C18H26BrNO/c1-4-5-7-10-16(3)20(18(21)15(2)13-19)14-17-11-8-6-9-12-17/h6,8-9,11-13,16H,4-5,7,10,14H2,1-3H3. The minimum absolute atomic E-state index is 0.111. The third-order valence-corrected chi connectivity index (χ3v) is 4.40. The van der Waals surface area contributed by atoms with E-state index in [-0.39, 0.29) is 11.9 Å². The van der Waals surface area contributed by atoms with Crippen LogP contribution in [0.15, 0.2) is 40.9 Å². The summed E-state index contributed by atoms with van der Waals surface area (Å²) in [4.78, 5) is 16.3. The van der Waals surface area contributed by atoms with Crippen molar-refractivity contribution in [3.05, 3.63) is 46.5 Å². The van der Waals surface area contributed by atoms with Gasteiger partial charge in [0.2, 0.25) is 0 Å². The number of nitrogens with zero attached hydrogens (tertiary/aromatic N) is 1. The molecule has 0 aliphatic rings. The van der Waals surface area contributed by atoms with Gasteiger partial charge in [-0.1, -0.05) is 72.4 Å². The van der Waals surface area contributed by atoms with Crippen LogP contribution in [0, 0.1) is 0 Å². The average Bonchev–Trinajstić information content (AvgIpc) is 2.52. The molecule has 1 aromatic carbocycles. The van der Waals surface area contributed by atoms with Crippen LogP contribution in [0.1, 0.15) is 52.0 Å². The van der Waals surface area contributed by atoms with E-state index in [1.807, 2.05) is 30.0 Å². The van der Waals surface area contributed by atoms with Crippen LogP contribution >= 0.6 is 15.9 Å². The van der Waals surface area contributed by atoms with Gasteiger partial charge < -0.3 is 4.90 Å². The van der Waals surface area contributed by atoms with Gasteiger partial charge in [0.1, 0.15) is 0 Å². The lowest BCUT2D eigenvalue weighted by Crippen LogP contribution is -2.38. The summed E-state index contributed by atoms with van der Waals surface area (Å²) in [5, 5.41) is 0. The van der Waals surface area contributed by atoms with Crippen molar-refractivity contribution in [2.45, 2.75) is 59.0 Å². The summed E-state index contributed by atoms with van der Waals surface area (Å²) in [5.41, 5.74) is 1.92. The molecule has 0 fully saturated rings. The molecule has 0 heterocycles. The molecule has 1 rings (SSSR count). The summed E-state index contributed by atoms with van der Waals surface area (Å²) < 4.78 is 0. The molecule has 1 atom stereocenters. The van der Waals surface area contributed by atoms with Crippen molar-refractivity contribution in [2.24, 2.45) is 0 Å². The summed E-state index contributed by atoms with van der Waals surface area (Å²) in [6.45, 7) is 6.88. The van der Waals surface area contributed by atoms with Crippen molar-refractivity contribution in [1.29, 1.82) is 0 Å². The fourth-order valence-electron chi connectivity index (χ4n) is 2.33. The lowest BCUT2D eigenvalue weighted by Gasteiger charge is -2.30. The Hall–Kier alpha value is -1.09. The lowest BCUT2D eigenvalue weighted by atomic mass is 10.1. The molecule has 0 radical (unpaired) electrons. The van der Waals surface area contributed by atoms with E-state index in [9.17, 15) is 4.79 Å². The quantitative estimate of drug-likeness (QED) is 0.460. The second-order valence-corrected chi connectivity index (χ2v) is 6.01. The van der Waals surface area contributed by atoms with Crippen LogP contribution in [0.3, 0.4) is 0 Å². The van der Waals surface area contributed by atoms with Crippen LogP contribution in [0.5, 0.6) is 0 Å². The Morgan fingerprint density at radius 2 is 1.95 bits per heavy atom. The fourth-order valence-corrected chi connectivity index (χ4v) is 2.52. The number of rotatable bonds is 8. The second-order valence-electron chi connectivity index (χ2n) is 5.56. The minimum Gasteiger partial charge on any atom is -0.332 e. The number of unbranched alkanes of at least 4 members (excludes halogenated alkanes) is 2. The third-order valence-electron chi connectivity index (χ3n) is 3.72. The molecule has 3 heteroatoms. The molecule has 0 saturated carbocycles. The molecule has 1 unspecified atom stereocenters. The highest BCUT2D eigenvalue weighted by molar-refractivity contribution is 9.11. The summed E-state index contributed by atoms with van der Waals surface area (Å²) in [7, 11) is 0. The van der Waals surface area contributed by atoms with E-state index in [0.29, 0.717) is 6.54 Å². The van der Waals surface area contributed by atoms with Gasteiger partial charge >= 0.3 is 0 Å². The molecule has 0 aliphatic heterocycles.